The average Bonchev–Trinajstić information content (AvgIpc) is 1.63. The lowest BCUT2D eigenvalue weighted by Crippen LogP contribution is -1.93. The van der Waals surface area contributed by atoms with Gasteiger partial charge >= 0.3 is 0 Å². The summed E-state index contributed by atoms with van der Waals surface area (Å²) in [6.07, 6.45) is 3.28. The van der Waals surface area contributed by atoms with E-state index in [1.165, 1.54) is 0 Å². The molecule has 0 spiro atoms. The van der Waals surface area contributed by atoms with E-state index in [-0.39, 0.29) is 0 Å². The van der Waals surface area contributed by atoms with Gasteiger partial charge in [0, 0.05) is 0 Å². The SMILES string of the molecule is N/C(Br)=C\CC[C@H](O)Br. The number of rotatable bonds is 3. The van der Waals surface area contributed by atoms with E-state index in [1.807, 2.05) is 6.08 Å². The Hall–Kier alpha value is 0.460. The van der Waals surface area contributed by atoms with E-state index in [1.54, 1.807) is 0 Å². The molecule has 0 aliphatic heterocycles. The molecule has 2 nitrogen and oxygen atoms in total. The lowest BCUT2D eigenvalue weighted by molar-refractivity contribution is 0.261. The van der Waals surface area contributed by atoms with E-state index in [2.05, 4.69) is 31.9 Å². The predicted octanol–water partition coefficient (Wildman–Crippen LogP) is 1.67. The van der Waals surface area contributed by atoms with Crippen molar-refractivity contribution in [1.82, 2.24) is 0 Å². The maximum atomic E-state index is 8.70. The van der Waals surface area contributed by atoms with Crippen molar-refractivity contribution in [1.29, 1.82) is 0 Å². The van der Waals surface area contributed by atoms with E-state index >= 15 is 0 Å². The lowest BCUT2D eigenvalue weighted by Gasteiger charge is -1.96. The molecule has 0 bridgehead atoms. The molecule has 0 radical (unpaired) electrons. The summed E-state index contributed by atoms with van der Waals surface area (Å²) in [6.45, 7) is 0. The predicted molar refractivity (Wildman–Crippen MR) is 45.4 cm³/mol. The van der Waals surface area contributed by atoms with Gasteiger partial charge in [0.05, 0.1) is 4.61 Å². The van der Waals surface area contributed by atoms with Gasteiger partial charge in [0.2, 0.25) is 0 Å². The van der Waals surface area contributed by atoms with E-state index in [0.717, 1.165) is 6.42 Å². The molecule has 0 fully saturated rings. The van der Waals surface area contributed by atoms with Gasteiger partial charge in [0.25, 0.3) is 0 Å². The van der Waals surface area contributed by atoms with Crippen LogP contribution in [-0.4, -0.2) is 10.1 Å². The van der Waals surface area contributed by atoms with Crippen LogP contribution >= 0.6 is 31.9 Å². The van der Waals surface area contributed by atoms with E-state index < -0.39 is 5.01 Å². The fourth-order valence-electron chi connectivity index (χ4n) is 0.359. The van der Waals surface area contributed by atoms with Gasteiger partial charge in [-0.1, -0.05) is 22.0 Å². The third-order valence-corrected chi connectivity index (χ3v) is 1.53. The highest BCUT2D eigenvalue weighted by atomic mass is 79.9. The summed E-state index contributed by atoms with van der Waals surface area (Å²) in [5.41, 5.74) is 5.26. The fourth-order valence-corrected chi connectivity index (χ4v) is 0.852. The van der Waals surface area contributed by atoms with Crippen molar-refractivity contribution >= 4 is 31.9 Å². The van der Waals surface area contributed by atoms with Crippen LogP contribution in [0.2, 0.25) is 0 Å². The normalized spacial score (nSPS) is 15.7. The molecule has 1 atom stereocenters. The number of allylic oxidation sites excluding steroid dienone is 1. The third kappa shape index (κ3) is 8.46. The van der Waals surface area contributed by atoms with Gasteiger partial charge in [-0.15, -0.1) is 0 Å². The van der Waals surface area contributed by atoms with Crippen LogP contribution in [0.15, 0.2) is 10.7 Å². The lowest BCUT2D eigenvalue weighted by atomic mass is 10.3. The molecule has 0 aromatic carbocycles. The zero-order valence-electron chi connectivity index (χ0n) is 4.85. The first-order chi connectivity index (χ1) is 4.13. The summed E-state index contributed by atoms with van der Waals surface area (Å²) in [5.74, 6) is 0. The van der Waals surface area contributed by atoms with Crippen LogP contribution in [0.4, 0.5) is 0 Å². The zero-order valence-corrected chi connectivity index (χ0v) is 8.02. The number of nitrogens with two attached hydrogens (primary N) is 1. The van der Waals surface area contributed by atoms with Crippen molar-refractivity contribution in [3.05, 3.63) is 10.7 Å². The van der Waals surface area contributed by atoms with Crippen LogP contribution in [0.5, 0.6) is 0 Å². The van der Waals surface area contributed by atoms with E-state index in [4.69, 9.17) is 10.8 Å². The van der Waals surface area contributed by atoms with Crippen molar-refractivity contribution in [2.24, 2.45) is 5.73 Å². The van der Waals surface area contributed by atoms with E-state index in [9.17, 15) is 0 Å². The number of aliphatic hydroxyl groups excluding tert-OH is 1. The third-order valence-electron chi connectivity index (χ3n) is 0.744. The van der Waals surface area contributed by atoms with Crippen molar-refractivity contribution in [3.8, 4) is 0 Å². The van der Waals surface area contributed by atoms with Gasteiger partial charge in [0.1, 0.15) is 5.01 Å². The van der Waals surface area contributed by atoms with Crippen molar-refractivity contribution < 1.29 is 5.11 Å². The largest absolute Gasteiger partial charge is 0.393 e. The molecule has 9 heavy (non-hydrogen) atoms. The Morgan fingerprint density at radius 3 is 2.67 bits per heavy atom. The number of hydrogen-bond acceptors (Lipinski definition) is 2. The molecule has 0 aromatic rings. The molecule has 0 amide bonds. The van der Waals surface area contributed by atoms with Gasteiger partial charge in [-0.25, -0.2) is 0 Å². The monoisotopic (exact) mass is 257 g/mol. The molecule has 0 rings (SSSR count). The van der Waals surface area contributed by atoms with Crippen LogP contribution in [0.1, 0.15) is 12.8 Å². The molecule has 0 heterocycles. The summed E-state index contributed by atoms with van der Waals surface area (Å²) in [6, 6.07) is 0. The summed E-state index contributed by atoms with van der Waals surface area (Å²) >= 11 is 6.06. The summed E-state index contributed by atoms with van der Waals surface area (Å²) in [5, 5.41) is 8.28. The van der Waals surface area contributed by atoms with Crippen LogP contribution < -0.4 is 5.73 Å². The second-order valence-electron chi connectivity index (χ2n) is 1.60. The Balaban J connectivity index is 3.20. The van der Waals surface area contributed by atoms with Gasteiger partial charge in [0.15, 0.2) is 0 Å². The second-order valence-corrected chi connectivity index (χ2v) is 3.57. The molecule has 3 N–H and O–H groups in total. The topological polar surface area (TPSA) is 46.2 Å². The number of hydrogen-bond donors (Lipinski definition) is 2. The Labute approximate surface area is 71.4 Å². The van der Waals surface area contributed by atoms with Gasteiger partial charge < -0.3 is 10.8 Å². The molecular weight excluding hydrogens is 250 g/mol. The first-order valence-corrected chi connectivity index (χ1v) is 4.27. The van der Waals surface area contributed by atoms with E-state index in [0.29, 0.717) is 11.0 Å². The minimum Gasteiger partial charge on any atom is -0.393 e. The van der Waals surface area contributed by atoms with Gasteiger partial charge in [-0.2, -0.15) is 0 Å². The first kappa shape index (κ1) is 9.46. The quantitative estimate of drug-likeness (QED) is 0.598. The Kier molecular flexibility index (Phi) is 5.53. The van der Waals surface area contributed by atoms with Crippen LogP contribution in [0.3, 0.4) is 0 Å². The first-order valence-electron chi connectivity index (χ1n) is 2.56. The van der Waals surface area contributed by atoms with Crippen LogP contribution in [-0.2, 0) is 0 Å². The van der Waals surface area contributed by atoms with Crippen molar-refractivity contribution in [2.45, 2.75) is 17.9 Å². The van der Waals surface area contributed by atoms with Crippen molar-refractivity contribution in [3.63, 3.8) is 0 Å². The highest BCUT2D eigenvalue weighted by Crippen LogP contribution is 2.06. The Morgan fingerprint density at radius 1 is 1.78 bits per heavy atom. The zero-order chi connectivity index (χ0) is 7.28. The second kappa shape index (κ2) is 5.26. The Morgan fingerprint density at radius 2 is 2.33 bits per heavy atom. The maximum Gasteiger partial charge on any atom is 0.109 e. The molecule has 0 saturated heterocycles. The highest BCUT2D eigenvalue weighted by molar-refractivity contribution is 9.11. The van der Waals surface area contributed by atoms with Crippen molar-refractivity contribution in [2.75, 3.05) is 0 Å². The minimum absolute atomic E-state index is 0.416. The number of alkyl halides is 1. The average molecular weight is 259 g/mol. The minimum atomic E-state index is -0.416. The standard InChI is InChI=1S/C5H9Br2NO/c6-4(8)2-1-3-5(7)9/h2,5,9H,1,3,8H2/b4-2-/t5-/m0/s1. The summed E-state index contributed by atoms with van der Waals surface area (Å²) in [7, 11) is 0. The summed E-state index contributed by atoms with van der Waals surface area (Å²) < 4.78 is 0.621. The molecule has 0 unspecified atom stereocenters. The number of halogens is 2. The molecule has 0 aliphatic rings. The molecule has 4 heteroatoms. The smallest absolute Gasteiger partial charge is 0.109 e. The molecule has 0 saturated carbocycles. The Bertz CT molecular complexity index is 99.1. The summed E-state index contributed by atoms with van der Waals surface area (Å²) in [4.78, 5) is 0. The van der Waals surface area contributed by atoms with Crippen LogP contribution in [0.25, 0.3) is 0 Å². The molecular formula is C5H9Br2NO. The van der Waals surface area contributed by atoms with Gasteiger partial charge in [-0.3, -0.25) is 0 Å². The highest BCUT2D eigenvalue weighted by Gasteiger charge is 1.93. The van der Waals surface area contributed by atoms with Crippen LogP contribution in [0, 0.1) is 0 Å². The maximum absolute atomic E-state index is 8.70. The van der Waals surface area contributed by atoms with Gasteiger partial charge in [-0.05, 0) is 28.8 Å². The number of aliphatic hydroxyl groups is 1. The molecule has 54 valence electrons. The fraction of sp³-hybridized carbons (Fsp3) is 0.600. The molecule has 0 aromatic heterocycles. The molecule has 0 aliphatic carbocycles.